The van der Waals surface area contributed by atoms with Gasteiger partial charge in [-0.15, -0.1) is 11.3 Å². The first-order valence-corrected chi connectivity index (χ1v) is 10.8. The molecule has 0 unspecified atom stereocenters. The van der Waals surface area contributed by atoms with Crippen LogP contribution in [-0.4, -0.2) is 48.7 Å². The predicted molar refractivity (Wildman–Crippen MR) is 111 cm³/mol. The maximum absolute atomic E-state index is 12.4. The molecule has 0 radical (unpaired) electrons. The largest absolute Gasteiger partial charge is 0.492 e. The standard InChI is InChI=1S/C19H22N4O2S2/c1-2-25-15-6-3-7-16-17(15)21-19(27-16)23-10-8-22(9-11-23)18(24)20-13-14-5-4-12-26-14/h3-7,12H,2,8-11,13H2,1H3,(H,20,24). The fourth-order valence-corrected chi connectivity index (χ4v) is 4.79. The Morgan fingerprint density at radius 2 is 2.07 bits per heavy atom. The SMILES string of the molecule is CCOc1cccc2sc(N3CCN(C(=O)NCc4cccs4)CC3)nc12. The number of hydrogen-bond donors (Lipinski definition) is 1. The second-order valence-electron chi connectivity index (χ2n) is 6.24. The van der Waals surface area contributed by atoms with E-state index in [1.165, 1.54) is 4.88 Å². The molecule has 0 atom stereocenters. The third-order valence-corrected chi connectivity index (χ3v) is 6.46. The molecular formula is C19H22N4O2S2. The molecule has 0 saturated carbocycles. The van der Waals surface area contributed by atoms with Crippen molar-refractivity contribution in [2.24, 2.45) is 0 Å². The van der Waals surface area contributed by atoms with Crippen molar-refractivity contribution >= 4 is 44.1 Å². The molecule has 2 amide bonds. The summed E-state index contributed by atoms with van der Waals surface area (Å²) in [6.45, 7) is 6.18. The Kier molecular flexibility index (Phi) is 5.45. The number of para-hydroxylation sites is 1. The average Bonchev–Trinajstić information content (AvgIpc) is 3.36. The van der Waals surface area contributed by atoms with Crippen LogP contribution in [0.1, 0.15) is 11.8 Å². The number of rotatable bonds is 5. The molecule has 2 aromatic heterocycles. The minimum atomic E-state index is 0.00554. The van der Waals surface area contributed by atoms with Crippen molar-refractivity contribution in [3.8, 4) is 5.75 Å². The first kappa shape index (κ1) is 18.1. The molecular weight excluding hydrogens is 380 g/mol. The molecule has 3 aromatic rings. The number of carbonyl (C=O) groups excluding carboxylic acids is 1. The second-order valence-corrected chi connectivity index (χ2v) is 8.29. The van der Waals surface area contributed by atoms with Crippen molar-refractivity contribution in [2.45, 2.75) is 13.5 Å². The number of nitrogens with one attached hydrogen (secondary N) is 1. The van der Waals surface area contributed by atoms with E-state index in [-0.39, 0.29) is 6.03 Å². The summed E-state index contributed by atoms with van der Waals surface area (Å²) < 4.78 is 6.82. The monoisotopic (exact) mass is 402 g/mol. The summed E-state index contributed by atoms with van der Waals surface area (Å²) in [6, 6.07) is 10.1. The highest BCUT2D eigenvalue weighted by atomic mass is 32.1. The van der Waals surface area contributed by atoms with Crippen LogP contribution in [0.2, 0.25) is 0 Å². The van der Waals surface area contributed by atoms with E-state index in [9.17, 15) is 4.79 Å². The number of ether oxygens (including phenoxy) is 1. The zero-order valence-electron chi connectivity index (χ0n) is 15.2. The third kappa shape index (κ3) is 4.01. The van der Waals surface area contributed by atoms with Crippen molar-refractivity contribution in [1.29, 1.82) is 0 Å². The van der Waals surface area contributed by atoms with Crippen LogP contribution >= 0.6 is 22.7 Å². The Bertz CT molecular complexity index is 902. The summed E-state index contributed by atoms with van der Waals surface area (Å²) in [4.78, 5) is 22.5. The van der Waals surface area contributed by atoms with Crippen LogP contribution in [0.4, 0.5) is 9.93 Å². The second kappa shape index (κ2) is 8.14. The fraction of sp³-hybridized carbons (Fsp3) is 0.368. The van der Waals surface area contributed by atoms with E-state index < -0.39 is 0 Å². The van der Waals surface area contributed by atoms with E-state index in [0.717, 1.165) is 34.2 Å². The van der Waals surface area contributed by atoms with Gasteiger partial charge >= 0.3 is 6.03 Å². The molecule has 1 saturated heterocycles. The maximum Gasteiger partial charge on any atom is 0.317 e. The molecule has 0 bridgehead atoms. The molecule has 0 spiro atoms. The topological polar surface area (TPSA) is 57.7 Å². The molecule has 3 heterocycles. The number of nitrogens with zero attached hydrogens (tertiary/aromatic N) is 3. The van der Waals surface area contributed by atoms with Crippen molar-refractivity contribution in [1.82, 2.24) is 15.2 Å². The Balaban J connectivity index is 1.37. The van der Waals surface area contributed by atoms with Crippen LogP contribution in [-0.2, 0) is 6.54 Å². The summed E-state index contributed by atoms with van der Waals surface area (Å²) in [5, 5.41) is 6.02. The van der Waals surface area contributed by atoms with Gasteiger partial charge in [0.15, 0.2) is 5.13 Å². The average molecular weight is 403 g/mol. The molecule has 142 valence electrons. The zero-order valence-corrected chi connectivity index (χ0v) is 16.8. The van der Waals surface area contributed by atoms with E-state index in [0.29, 0.717) is 26.2 Å². The molecule has 6 nitrogen and oxygen atoms in total. The van der Waals surface area contributed by atoms with Gasteiger partial charge in [-0.25, -0.2) is 9.78 Å². The summed E-state index contributed by atoms with van der Waals surface area (Å²) in [7, 11) is 0. The maximum atomic E-state index is 12.4. The molecule has 0 aliphatic carbocycles. The number of fused-ring (bicyclic) bond motifs is 1. The summed E-state index contributed by atoms with van der Waals surface area (Å²) >= 11 is 3.34. The molecule has 1 fully saturated rings. The van der Waals surface area contributed by atoms with Gasteiger partial charge in [-0.2, -0.15) is 0 Å². The summed E-state index contributed by atoms with van der Waals surface area (Å²) in [5.41, 5.74) is 0.926. The lowest BCUT2D eigenvalue weighted by Crippen LogP contribution is -2.51. The third-order valence-electron chi connectivity index (χ3n) is 4.50. The van der Waals surface area contributed by atoms with Gasteiger partial charge in [0.25, 0.3) is 0 Å². The van der Waals surface area contributed by atoms with E-state index in [1.54, 1.807) is 22.7 Å². The van der Waals surface area contributed by atoms with E-state index in [2.05, 4.69) is 16.3 Å². The van der Waals surface area contributed by atoms with Gasteiger partial charge in [-0.05, 0) is 30.5 Å². The van der Waals surface area contributed by atoms with E-state index >= 15 is 0 Å². The quantitative estimate of drug-likeness (QED) is 0.705. The van der Waals surface area contributed by atoms with Crippen LogP contribution in [0.3, 0.4) is 0 Å². The predicted octanol–water partition coefficient (Wildman–Crippen LogP) is 3.79. The molecule has 1 aromatic carbocycles. The number of thiazole rings is 1. The van der Waals surface area contributed by atoms with Crippen molar-refractivity contribution < 1.29 is 9.53 Å². The van der Waals surface area contributed by atoms with Gasteiger partial charge in [0, 0.05) is 31.1 Å². The van der Waals surface area contributed by atoms with Gasteiger partial charge in [0.05, 0.1) is 17.9 Å². The Morgan fingerprint density at radius 1 is 1.22 bits per heavy atom. The Morgan fingerprint density at radius 3 is 2.81 bits per heavy atom. The lowest BCUT2D eigenvalue weighted by atomic mass is 10.3. The molecule has 4 rings (SSSR count). The summed E-state index contributed by atoms with van der Waals surface area (Å²) in [6.07, 6.45) is 0. The van der Waals surface area contributed by atoms with Gasteiger partial charge < -0.3 is 19.9 Å². The Hall–Kier alpha value is -2.32. The van der Waals surface area contributed by atoms with E-state index in [1.807, 2.05) is 41.5 Å². The lowest BCUT2D eigenvalue weighted by Gasteiger charge is -2.34. The van der Waals surface area contributed by atoms with Crippen molar-refractivity contribution in [2.75, 3.05) is 37.7 Å². The molecule has 8 heteroatoms. The van der Waals surface area contributed by atoms with Crippen LogP contribution in [0.5, 0.6) is 5.75 Å². The number of carbonyl (C=O) groups is 1. The van der Waals surface area contributed by atoms with Gasteiger partial charge in [0.2, 0.25) is 0 Å². The van der Waals surface area contributed by atoms with Crippen LogP contribution < -0.4 is 15.0 Å². The van der Waals surface area contributed by atoms with Crippen molar-refractivity contribution in [3.05, 3.63) is 40.6 Å². The lowest BCUT2D eigenvalue weighted by molar-refractivity contribution is 0.194. The number of piperazine rings is 1. The van der Waals surface area contributed by atoms with Crippen molar-refractivity contribution in [3.63, 3.8) is 0 Å². The van der Waals surface area contributed by atoms with Crippen LogP contribution in [0.15, 0.2) is 35.7 Å². The highest BCUT2D eigenvalue weighted by Gasteiger charge is 2.23. The zero-order chi connectivity index (χ0) is 18.6. The van der Waals surface area contributed by atoms with Gasteiger partial charge in [0.1, 0.15) is 11.3 Å². The van der Waals surface area contributed by atoms with Gasteiger partial charge in [-0.3, -0.25) is 0 Å². The molecule has 1 aliphatic heterocycles. The number of thiophene rings is 1. The molecule has 27 heavy (non-hydrogen) atoms. The smallest absolute Gasteiger partial charge is 0.317 e. The molecule has 1 aliphatic rings. The minimum absolute atomic E-state index is 0.00554. The highest BCUT2D eigenvalue weighted by molar-refractivity contribution is 7.22. The number of benzene rings is 1. The van der Waals surface area contributed by atoms with Crippen LogP contribution in [0.25, 0.3) is 10.2 Å². The fourth-order valence-electron chi connectivity index (χ4n) is 3.11. The number of aromatic nitrogens is 1. The number of urea groups is 1. The van der Waals surface area contributed by atoms with E-state index in [4.69, 9.17) is 9.72 Å². The normalized spacial score (nSPS) is 14.6. The highest BCUT2D eigenvalue weighted by Crippen LogP contribution is 2.34. The molecule has 1 N–H and O–H groups in total. The Labute approximate surface area is 166 Å². The number of hydrogen-bond acceptors (Lipinski definition) is 6. The minimum Gasteiger partial charge on any atom is -0.492 e. The van der Waals surface area contributed by atoms with Gasteiger partial charge in [-0.1, -0.05) is 23.5 Å². The first-order valence-electron chi connectivity index (χ1n) is 9.07. The number of anilines is 1. The van der Waals surface area contributed by atoms with Crippen LogP contribution in [0, 0.1) is 0 Å². The number of amides is 2. The first-order chi connectivity index (χ1) is 13.2. The summed E-state index contributed by atoms with van der Waals surface area (Å²) in [5.74, 6) is 0.837.